The molecule has 0 saturated heterocycles. The molecule has 0 spiro atoms. The summed E-state index contributed by atoms with van der Waals surface area (Å²) in [6.45, 7) is 7.52. The summed E-state index contributed by atoms with van der Waals surface area (Å²) in [7, 11) is 0. The van der Waals surface area contributed by atoms with Gasteiger partial charge in [-0.2, -0.15) is 0 Å². The summed E-state index contributed by atoms with van der Waals surface area (Å²) in [5.74, 6) is 0.946. The number of aromatic nitrogens is 3. The number of aryl methyl sites for hydroxylation is 1. The van der Waals surface area contributed by atoms with Gasteiger partial charge in [0.2, 0.25) is 0 Å². The minimum absolute atomic E-state index is 0.00835. The zero-order valence-corrected chi connectivity index (χ0v) is 11.1. The van der Waals surface area contributed by atoms with E-state index in [2.05, 4.69) is 27.5 Å². The first-order chi connectivity index (χ1) is 8.72. The maximum atomic E-state index is 5.59. The SMILES string of the molecule is CCOC(C)c1nccn1Cc1ncccc1C. The molecule has 2 heterocycles. The van der Waals surface area contributed by atoms with Crippen molar-refractivity contribution in [3.63, 3.8) is 0 Å². The molecule has 1 atom stereocenters. The van der Waals surface area contributed by atoms with Crippen molar-refractivity contribution in [1.82, 2.24) is 14.5 Å². The van der Waals surface area contributed by atoms with Gasteiger partial charge in [0, 0.05) is 25.2 Å². The number of ether oxygens (including phenoxy) is 1. The normalized spacial score (nSPS) is 12.6. The molecule has 0 N–H and O–H groups in total. The van der Waals surface area contributed by atoms with Gasteiger partial charge in [-0.3, -0.25) is 4.98 Å². The Labute approximate surface area is 108 Å². The second-order valence-corrected chi connectivity index (χ2v) is 4.28. The molecule has 0 aromatic carbocycles. The topological polar surface area (TPSA) is 39.9 Å². The molecule has 2 rings (SSSR count). The molecule has 0 aliphatic rings. The lowest BCUT2D eigenvalue weighted by atomic mass is 10.2. The van der Waals surface area contributed by atoms with Crippen LogP contribution in [0, 0.1) is 6.92 Å². The van der Waals surface area contributed by atoms with Gasteiger partial charge >= 0.3 is 0 Å². The van der Waals surface area contributed by atoms with Crippen molar-refractivity contribution in [2.45, 2.75) is 33.4 Å². The fraction of sp³-hybridized carbons (Fsp3) is 0.429. The van der Waals surface area contributed by atoms with Crippen LogP contribution < -0.4 is 0 Å². The summed E-state index contributed by atoms with van der Waals surface area (Å²) in [6, 6.07) is 4.03. The number of nitrogens with zero attached hydrogens (tertiary/aromatic N) is 3. The molecule has 0 saturated carbocycles. The van der Waals surface area contributed by atoms with Gasteiger partial charge in [-0.15, -0.1) is 0 Å². The molecule has 18 heavy (non-hydrogen) atoms. The van der Waals surface area contributed by atoms with Gasteiger partial charge in [-0.25, -0.2) is 4.98 Å². The van der Waals surface area contributed by atoms with Crippen LogP contribution in [0.1, 0.15) is 37.0 Å². The lowest BCUT2D eigenvalue weighted by Crippen LogP contribution is -2.11. The van der Waals surface area contributed by atoms with E-state index < -0.39 is 0 Å². The minimum atomic E-state index is 0.00835. The monoisotopic (exact) mass is 245 g/mol. The summed E-state index contributed by atoms with van der Waals surface area (Å²) in [4.78, 5) is 8.78. The molecule has 0 bridgehead atoms. The van der Waals surface area contributed by atoms with Gasteiger partial charge in [0.25, 0.3) is 0 Å². The highest BCUT2D eigenvalue weighted by Crippen LogP contribution is 2.16. The highest BCUT2D eigenvalue weighted by Gasteiger charge is 2.12. The standard InChI is InChI=1S/C14H19N3O/c1-4-18-12(3)14-16-8-9-17(14)10-13-11(2)6-5-7-15-13/h5-9,12H,4,10H2,1-3H3. The van der Waals surface area contributed by atoms with Gasteiger partial charge in [0.15, 0.2) is 0 Å². The van der Waals surface area contributed by atoms with Crippen molar-refractivity contribution < 1.29 is 4.74 Å². The van der Waals surface area contributed by atoms with Gasteiger partial charge < -0.3 is 9.30 Å². The van der Waals surface area contributed by atoms with Crippen molar-refractivity contribution in [2.24, 2.45) is 0 Å². The third-order valence-corrected chi connectivity index (χ3v) is 2.97. The zero-order valence-electron chi connectivity index (χ0n) is 11.1. The zero-order chi connectivity index (χ0) is 13.0. The Bertz CT molecular complexity index is 507. The summed E-state index contributed by atoms with van der Waals surface area (Å²) in [5.41, 5.74) is 2.27. The Morgan fingerprint density at radius 2 is 2.17 bits per heavy atom. The van der Waals surface area contributed by atoms with Crippen LogP contribution in [0.5, 0.6) is 0 Å². The Morgan fingerprint density at radius 1 is 1.33 bits per heavy atom. The van der Waals surface area contributed by atoms with E-state index in [4.69, 9.17) is 4.74 Å². The predicted molar refractivity (Wildman–Crippen MR) is 70.3 cm³/mol. The Kier molecular flexibility index (Phi) is 4.10. The second kappa shape index (κ2) is 5.78. The highest BCUT2D eigenvalue weighted by molar-refractivity contribution is 5.18. The lowest BCUT2D eigenvalue weighted by molar-refractivity contribution is 0.0677. The molecule has 1 unspecified atom stereocenters. The largest absolute Gasteiger partial charge is 0.371 e. The van der Waals surface area contributed by atoms with Crippen LogP contribution in [0.15, 0.2) is 30.7 Å². The number of hydrogen-bond acceptors (Lipinski definition) is 3. The van der Waals surface area contributed by atoms with E-state index in [1.807, 2.05) is 38.5 Å². The van der Waals surface area contributed by atoms with Crippen LogP contribution >= 0.6 is 0 Å². The molecule has 2 aromatic heterocycles. The molecule has 2 aromatic rings. The first-order valence-corrected chi connectivity index (χ1v) is 6.25. The average Bonchev–Trinajstić information content (AvgIpc) is 2.81. The maximum Gasteiger partial charge on any atom is 0.137 e. The summed E-state index contributed by atoms with van der Waals surface area (Å²) >= 11 is 0. The van der Waals surface area contributed by atoms with E-state index in [0.29, 0.717) is 6.61 Å². The van der Waals surface area contributed by atoms with E-state index in [-0.39, 0.29) is 6.10 Å². The molecular weight excluding hydrogens is 226 g/mol. The first-order valence-electron chi connectivity index (χ1n) is 6.25. The lowest BCUT2D eigenvalue weighted by Gasteiger charge is -2.14. The van der Waals surface area contributed by atoms with E-state index in [1.165, 1.54) is 5.56 Å². The number of imidazole rings is 1. The van der Waals surface area contributed by atoms with Crippen LogP contribution in [0.4, 0.5) is 0 Å². The van der Waals surface area contributed by atoms with Crippen LogP contribution in [0.3, 0.4) is 0 Å². The second-order valence-electron chi connectivity index (χ2n) is 4.28. The molecule has 96 valence electrons. The average molecular weight is 245 g/mol. The van der Waals surface area contributed by atoms with Crippen LogP contribution in [0.2, 0.25) is 0 Å². The maximum absolute atomic E-state index is 5.59. The van der Waals surface area contributed by atoms with E-state index in [1.54, 1.807) is 0 Å². The Morgan fingerprint density at radius 3 is 2.89 bits per heavy atom. The third kappa shape index (κ3) is 2.76. The van der Waals surface area contributed by atoms with E-state index in [9.17, 15) is 0 Å². The van der Waals surface area contributed by atoms with Crippen molar-refractivity contribution >= 4 is 0 Å². The minimum Gasteiger partial charge on any atom is -0.371 e. The molecule has 0 aliphatic heterocycles. The van der Waals surface area contributed by atoms with Crippen LogP contribution in [-0.2, 0) is 11.3 Å². The van der Waals surface area contributed by atoms with Gasteiger partial charge in [-0.05, 0) is 32.4 Å². The van der Waals surface area contributed by atoms with Gasteiger partial charge in [-0.1, -0.05) is 6.07 Å². The first kappa shape index (κ1) is 12.8. The Hall–Kier alpha value is -1.68. The molecule has 0 fully saturated rings. The summed E-state index contributed by atoms with van der Waals surface area (Å²) in [6.07, 6.45) is 5.61. The van der Waals surface area contributed by atoms with Crippen molar-refractivity contribution in [2.75, 3.05) is 6.61 Å². The van der Waals surface area contributed by atoms with E-state index >= 15 is 0 Å². The van der Waals surface area contributed by atoms with Gasteiger partial charge in [0.1, 0.15) is 11.9 Å². The fourth-order valence-corrected chi connectivity index (χ4v) is 1.98. The van der Waals surface area contributed by atoms with Gasteiger partial charge in [0.05, 0.1) is 12.2 Å². The van der Waals surface area contributed by atoms with Crippen LogP contribution in [-0.4, -0.2) is 21.1 Å². The van der Waals surface area contributed by atoms with Crippen molar-refractivity contribution in [3.05, 3.63) is 47.8 Å². The quantitative estimate of drug-likeness (QED) is 0.813. The number of rotatable bonds is 5. The smallest absolute Gasteiger partial charge is 0.137 e. The predicted octanol–water partition coefficient (Wildman–Crippen LogP) is 2.73. The fourth-order valence-electron chi connectivity index (χ4n) is 1.98. The van der Waals surface area contributed by atoms with Crippen LogP contribution in [0.25, 0.3) is 0 Å². The molecule has 4 heteroatoms. The molecule has 0 radical (unpaired) electrons. The molecular formula is C14H19N3O. The van der Waals surface area contributed by atoms with Crippen molar-refractivity contribution in [3.8, 4) is 0 Å². The third-order valence-electron chi connectivity index (χ3n) is 2.97. The highest BCUT2D eigenvalue weighted by atomic mass is 16.5. The molecule has 0 amide bonds. The Balaban J connectivity index is 2.20. The van der Waals surface area contributed by atoms with Crippen molar-refractivity contribution in [1.29, 1.82) is 0 Å². The number of hydrogen-bond donors (Lipinski definition) is 0. The summed E-state index contributed by atoms with van der Waals surface area (Å²) in [5, 5.41) is 0. The summed E-state index contributed by atoms with van der Waals surface area (Å²) < 4.78 is 7.68. The molecule has 0 aliphatic carbocycles. The van der Waals surface area contributed by atoms with E-state index in [0.717, 1.165) is 18.1 Å². The molecule has 4 nitrogen and oxygen atoms in total. The number of pyridine rings is 1.